The van der Waals surface area contributed by atoms with Crippen LogP contribution in [0.1, 0.15) is 44.1 Å². The van der Waals surface area contributed by atoms with E-state index in [-0.39, 0.29) is 5.79 Å². The lowest BCUT2D eigenvalue weighted by molar-refractivity contribution is -0.138. The Kier molecular flexibility index (Phi) is 3.19. The van der Waals surface area contributed by atoms with Gasteiger partial charge in [0.05, 0.1) is 0 Å². The lowest BCUT2D eigenvalue weighted by atomic mass is 9.91. The summed E-state index contributed by atoms with van der Waals surface area (Å²) < 4.78 is 13.2. The highest BCUT2D eigenvalue weighted by Gasteiger charge is 2.47. The summed E-state index contributed by atoms with van der Waals surface area (Å²) in [5.74, 6) is 1.50. The fourth-order valence-electron chi connectivity index (χ4n) is 3.35. The van der Waals surface area contributed by atoms with E-state index in [1.54, 1.807) is 0 Å². The second kappa shape index (κ2) is 4.92. The maximum Gasteiger partial charge on any atom is 0.251 e. The molecule has 1 aliphatic carbocycles. The van der Waals surface area contributed by atoms with E-state index in [1.165, 1.54) is 31.2 Å². The summed E-state index contributed by atoms with van der Waals surface area (Å²) in [6, 6.07) is 4.85. The molecule has 0 bridgehead atoms. The Balaban J connectivity index is 1.54. The van der Waals surface area contributed by atoms with Crippen molar-refractivity contribution in [3.63, 3.8) is 0 Å². The lowest BCUT2D eigenvalue weighted by Crippen LogP contribution is -2.45. The monoisotopic (exact) mass is 337 g/mol. The number of rotatable bonds is 2. The molecule has 1 spiro atoms. The third-order valence-corrected chi connectivity index (χ3v) is 5.44. The molecule has 4 rings (SSSR count). The van der Waals surface area contributed by atoms with Crippen LogP contribution in [-0.2, 0) is 6.42 Å². The first-order valence-corrected chi connectivity index (χ1v) is 8.47. The van der Waals surface area contributed by atoms with Crippen LogP contribution in [0.3, 0.4) is 0 Å². The predicted octanol–water partition coefficient (Wildman–Crippen LogP) is 3.79. The molecule has 1 saturated carbocycles. The molecule has 1 N–H and O–H groups in total. The molecule has 1 unspecified atom stereocenters. The molecule has 1 atom stereocenters. The van der Waals surface area contributed by atoms with Gasteiger partial charge in [-0.2, -0.15) is 0 Å². The largest absolute Gasteiger partial charge is 0.448 e. The molecule has 0 aromatic heterocycles. The van der Waals surface area contributed by atoms with Gasteiger partial charge < -0.3 is 14.8 Å². The van der Waals surface area contributed by atoms with E-state index in [4.69, 9.17) is 9.47 Å². The molecule has 108 valence electrons. The molecule has 2 aliphatic heterocycles. The van der Waals surface area contributed by atoms with Crippen LogP contribution in [0.5, 0.6) is 11.5 Å². The van der Waals surface area contributed by atoms with Crippen molar-refractivity contribution in [2.75, 3.05) is 6.54 Å². The van der Waals surface area contributed by atoms with Crippen LogP contribution in [0, 0.1) is 0 Å². The van der Waals surface area contributed by atoms with Crippen LogP contribution in [0.25, 0.3) is 0 Å². The van der Waals surface area contributed by atoms with Crippen LogP contribution < -0.4 is 14.8 Å². The molecule has 1 aromatic rings. The van der Waals surface area contributed by atoms with Crippen molar-refractivity contribution in [3.8, 4) is 11.5 Å². The molecule has 1 aromatic carbocycles. The fourth-order valence-corrected chi connectivity index (χ4v) is 3.83. The van der Waals surface area contributed by atoms with E-state index in [0.717, 1.165) is 41.8 Å². The third-order valence-electron chi connectivity index (χ3n) is 4.70. The summed E-state index contributed by atoms with van der Waals surface area (Å²) in [5, 5.41) is 3.61. The molecular weight excluding hydrogens is 318 g/mol. The van der Waals surface area contributed by atoms with Crippen molar-refractivity contribution in [2.45, 2.75) is 56.8 Å². The van der Waals surface area contributed by atoms with E-state index in [1.807, 2.05) is 0 Å². The smallest absolute Gasteiger partial charge is 0.251 e. The molecule has 2 heterocycles. The Morgan fingerprint density at radius 2 is 1.95 bits per heavy atom. The molecule has 20 heavy (non-hydrogen) atoms. The summed E-state index contributed by atoms with van der Waals surface area (Å²) in [4.78, 5) is 0. The number of halogens is 1. The number of hydrogen-bond acceptors (Lipinski definition) is 3. The van der Waals surface area contributed by atoms with Gasteiger partial charge in [-0.3, -0.25) is 0 Å². The molecule has 3 aliphatic rings. The number of benzene rings is 1. The molecule has 0 amide bonds. The van der Waals surface area contributed by atoms with Crippen LogP contribution in [0.2, 0.25) is 0 Å². The van der Waals surface area contributed by atoms with Gasteiger partial charge in [-0.1, -0.05) is 22.4 Å². The second-order valence-electron chi connectivity index (χ2n) is 6.21. The Morgan fingerprint density at radius 1 is 1.15 bits per heavy atom. The molecule has 4 heteroatoms. The van der Waals surface area contributed by atoms with E-state index in [0.29, 0.717) is 6.04 Å². The fraction of sp³-hybridized carbons (Fsp3) is 0.625. The Morgan fingerprint density at radius 3 is 2.60 bits per heavy atom. The minimum absolute atomic E-state index is 0.330. The normalized spacial score (nSPS) is 26.6. The molecular formula is C16H20BrNO2. The van der Waals surface area contributed by atoms with Gasteiger partial charge in [-0.25, -0.2) is 0 Å². The maximum atomic E-state index is 6.05. The highest BCUT2D eigenvalue weighted by atomic mass is 79.9. The van der Waals surface area contributed by atoms with Gasteiger partial charge in [0.2, 0.25) is 0 Å². The number of piperidine rings is 1. The zero-order valence-electron chi connectivity index (χ0n) is 11.6. The summed E-state index contributed by atoms with van der Waals surface area (Å²) in [5.41, 5.74) is 1.32. The maximum absolute atomic E-state index is 6.05. The topological polar surface area (TPSA) is 30.5 Å². The van der Waals surface area contributed by atoms with Crippen molar-refractivity contribution >= 4 is 15.9 Å². The number of hydrogen-bond donors (Lipinski definition) is 1. The second-order valence-corrected chi connectivity index (χ2v) is 7.06. The van der Waals surface area contributed by atoms with Gasteiger partial charge in [0, 0.05) is 23.4 Å². The third kappa shape index (κ3) is 2.23. The number of ether oxygens (including phenoxy) is 2. The summed E-state index contributed by atoms with van der Waals surface area (Å²) >= 11 is 3.69. The summed E-state index contributed by atoms with van der Waals surface area (Å²) in [6.45, 7) is 1.15. The van der Waals surface area contributed by atoms with Crippen molar-refractivity contribution in [1.29, 1.82) is 0 Å². The Hall–Kier alpha value is -0.740. The van der Waals surface area contributed by atoms with Gasteiger partial charge in [0.15, 0.2) is 11.5 Å². The van der Waals surface area contributed by atoms with E-state index >= 15 is 0 Å². The average molecular weight is 338 g/mol. The predicted molar refractivity (Wildman–Crippen MR) is 81.3 cm³/mol. The van der Waals surface area contributed by atoms with Gasteiger partial charge in [0.25, 0.3) is 5.79 Å². The highest BCUT2D eigenvalue weighted by Crippen LogP contribution is 2.49. The number of fused-ring (bicyclic) bond motifs is 1. The Labute approximate surface area is 128 Å². The van der Waals surface area contributed by atoms with Crippen LogP contribution >= 0.6 is 15.9 Å². The summed E-state index contributed by atoms with van der Waals surface area (Å²) in [6.07, 6.45) is 8.20. The van der Waals surface area contributed by atoms with E-state index in [9.17, 15) is 0 Å². The zero-order chi connectivity index (χ0) is 13.6. The van der Waals surface area contributed by atoms with Crippen molar-refractivity contribution in [1.82, 2.24) is 5.32 Å². The van der Waals surface area contributed by atoms with Gasteiger partial charge in [0.1, 0.15) is 0 Å². The molecule has 1 saturated heterocycles. The van der Waals surface area contributed by atoms with Gasteiger partial charge in [-0.05, 0) is 49.9 Å². The van der Waals surface area contributed by atoms with Gasteiger partial charge >= 0.3 is 0 Å². The molecule has 0 radical (unpaired) electrons. The molecule has 2 fully saturated rings. The highest BCUT2D eigenvalue weighted by molar-refractivity contribution is 9.10. The lowest BCUT2D eigenvalue weighted by Gasteiger charge is -2.35. The Bertz CT molecular complexity index is 521. The van der Waals surface area contributed by atoms with Crippen molar-refractivity contribution in [3.05, 3.63) is 22.2 Å². The first-order chi connectivity index (χ1) is 9.74. The van der Waals surface area contributed by atoms with E-state index in [2.05, 4.69) is 33.4 Å². The first kappa shape index (κ1) is 13.0. The zero-order valence-corrected chi connectivity index (χ0v) is 13.2. The minimum atomic E-state index is -0.330. The van der Waals surface area contributed by atoms with Gasteiger partial charge in [-0.15, -0.1) is 0 Å². The minimum Gasteiger partial charge on any atom is -0.448 e. The quantitative estimate of drug-likeness (QED) is 0.890. The van der Waals surface area contributed by atoms with E-state index < -0.39 is 0 Å². The van der Waals surface area contributed by atoms with Crippen LogP contribution in [-0.4, -0.2) is 18.4 Å². The summed E-state index contributed by atoms with van der Waals surface area (Å²) in [7, 11) is 0. The average Bonchev–Trinajstić information content (AvgIpc) is 2.79. The standard InChI is InChI=1S/C16H20BrNO2/c17-13-10-15-14(19-16(20-15)5-3-6-16)9-11(13)8-12-4-1-2-7-18-12/h9-10,12,18H,1-8H2. The van der Waals surface area contributed by atoms with Crippen LogP contribution in [0.15, 0.2) is 16.6 Å². The molecule has 3 nitrogen and oxygen atoms in total. The van der Waals surface area contributed by atoms with Crippen molar-refractivity contribution < 1.29 is 9.47 Å². The first-order valence-electron chi connectivity index (χ1n) is 7.68. The number of nitrogens with one attached hydrogen (secondary N) is 1. The SMILES string of the molecule is Brc1cc2c(cc1CC1CCCCN1)OC1(CCC1)O2. The van der Waals surface area contributed by atoms with Crippen LogP contribution in [0.4, 0.5) is 0 Å². The van der Waals surface area contributed by atoms with Crippen molar-refractivity contribution in [2.24, 2.45) is 0 Å².